The molecule has 2 rings (SSSR count). The molecule has 2 aromatic carbocycles. The molecule has 6 heteroatoms. The first kappa shape index (κ1) is 19.3. The molecular weight excluding hydrogens is 330 g/mol. The Balaban J connectivity index is 1.95. The van der Waals surface area contributed by atoms with Gasteiger partial charge in [0.1, 0.15) is 5.75 Å². The van der Waals surface area contributed by atoms with Crippen LogP contribution >= 0.6 is 0 Å². The molecule has 0 bridgehead atoms. The highest BCUT2D eigenvalue weighted by Gasteiger charge is 2.12. The number of rotatable bonds is 7. The fraction of sp³-hybridized carbons (Fsp3) is 0.300. The number of nitrogens with one attached hydrogen (secondary N) is 3. The Morgan fingerprint density at radius 3 is 2.42 bits per heavy atom. The number of carbonyl (C=O) groups excluding carboxylic acids is 2. The number of amides is 3. The van der Waals surface area contributed by atoms with Crippen LogP contribution in [0.2, 0.25) is 0 Å². The van der Waals surface area contributed by atoms with Gasteiger partial charge in [-0.05, 0) is 24.1 Å². The van der Waals surface area contributed by atoms with Crippen molar-refractivity contribution < 1.29 is 14.3 Å². The SMILES string of the molecule is CCC(CNC(=O)Nc1ccc(NC(C)=O)c(OC)c1)c1ccccc1. The summed E-state index contributed by atoms with van der Waals surface area (Å²) in [5.74, 6) is 0.556. The average molecular weight is 355 g/mol. The lowest BCUT2D eigenvalue weighted by Gasteiger charge is -2.17. The van der Waals surface area contributed by atoms with Gasteiger partial charge in [-0.25, -0.2) is 4.79 Å². The predicted molar refractivity (Wildman–Crippen MR) is 104 cm³/mol. The fourth-order valence-electron chi connectivity index (χ4n) is 2.68. The maximum absolute atomic E-state index is 12.2. The van der Waals surface area contributed by atoms with Gasteiger partial charge in [0.25, 0.3) is 0 Å². The van der Waals surface area contributed by atoms with E-state index in [4.69, 9.17) is 4.74 Å². The highest BCUT2D eigenvalue weighted by Crippen LogP contribution is 2.28. The molecule has 0 fully saturated rings. The van der Waals surface area contributed by atoms with Gasteiger partial charge >= 0.3 is 6.03 Å². The second-order valence-corrected chi connectivity index (χ2v) is 5.95. The van der Waals surface area contributed by atoms with E-state index < -0.39 is 0 Å². The summed E-state index contributed by atoms with van der Waals surface area (Å²) in [7, 11) is 1.51. The quantitative estimate of drug-likeness (QED) is 0.703. The van der Waals surface area contributed by atoms with Crippen LogP contribution in [-0.2, 0) is 4.79 Å². The van der Waals surface area contributed by atoms with Gasteiger partial charge in [-0.15, -0.1) is 0 Å². The molecule has 0 aliphatic rings. The lowest BCUT2D eigenvalue weighted by Crippen LogP contribution is -2.32. The van der Waals surface area contributed by atoms with Gasteiger partial charge in [0.2, 0.25) is 5.91 Å². The van der Waals surface area contributed by atoms with Crippen molar-refractivity contribution in [1.29, 1.82) is 0 Å². The molecule has 0 aliphatic heterocycles. The monoisotopic (exact) mass is 355 g/mol. The van der Waals surface area contributed by atoms with Crippen molar-refractivity contribution in [3.63, 3.8) is 0 Å². The standard InChI is InChI=1S/C20H25N3O3/c1-4-15(16-8-6-5-7-9-16)13-21-20(25)23-17-10-11-18(22-14(2)24)19(12-17)26-3/h5-12,15H,4,13H2,1-3H3,(H,22,24)(H2,21,23,25). The van der Waals surface area contributed by atoms with Crippen LogP contribution in [0, 0.1) is 0 Å². The van der Waals surface area contributed by atoms with Crippen molar-refractivity contribution in [2.45, 2.75) is 26.2 Å². The van der Waals surface area contributed by atoms with Crippen LogP contribution in [0.15, 0.2) is 48.5 Å². The summed E-state index contributed by atoms with van der Waals surface area (Å²) in [4.78, 5) is 23.4. The van der Waals surface area contributed by atoms with Crippen molar-refractivity contribution >= 4 is 23.3 Å². The van der Waals surface area contributed by atoms with Gasteiger partial charge in [0.05, 0.1) is 12.8 Å². The number of anilines is 2. The largest absolute Gasteiger partial charge is 0.494 e. The zero-order valence-corrected chi connectivity index (χ0v) is 15.3. The minimum Gasteiger partial charge on any atom is -0.494 e. The number of hydrogen-bond donors (Lipinski definition) is 3. The van der Waals surface area contributed by atoms with Crippen molar-refractivity contribution in [3.8, 4) is 5.75 Å². The second kappa shape index (κ2) is 9.46. The second-order valence-electron chi connectivity index (χ2n) is 5.95. The first-order valence-corrected chi connectivity index (χ1v) is 8.59. The molecule has 0 aliphatic carbocycles. The predicted octanol–water partition coefficient (Wildman–Crippen LogP) is 3.97. The molecule has 0 saturated heterocycles. The Hall–Kier alpha value is -3.02. The van der Waals surface area contributed by atoms with Crippen molar-refractivity contribution in [2.24, 2.45) is 0 Å². The molecule has 3 amide bonds. The summed E-state index contributed by atoms with van der Waals surface area (Å²) in [5, 5.41) is 8.37. The summed E-state index contributed by atoms with van der Waals surface area (Å²) < 4.78 is 5.26. The van der Waals surface area contributed by atoms with E-state index in [9.17, 15) is 9.59 Å². The molecule has 0 radical (unpaired) electrons. The van der Waals surface area contributed by atoms with Crippen LogP contribution in [0.3, 0.4) is 0 Å². The highest BCUT2D eigenvalue weighted by atomic mass is 16.5. The maximum atomic E-state index is 12.2. The van der Waals surface area contributed by atoms with Crippen LogP contribution < -0.4 is 20.7 Å². The third-order valence-corrected chi connectivity index (χ3v) is 4.04. The topological polar surface area (TPSA) is 79.5 Å². The molecular formula is C20H25N3O3. The number of benzene rings is 2. The smallest absolute Gasteiger partial charge is 0.319 e. The van der Waals surface area contributed by atoms with Gasteiger partial charge in [-0.2, -0.15) is 0 Å². The summed E-state index contributed by atoms with van der Waals surface area (Å²) >= 11 is 0. The van der Waals surface area contributed by atoms with Gasteiger partial charge in [-0.1, -0.05) is 37.3 Å². The Morgan fingerprint density at radius 2 is 1.81 bits per heavy atom. The third-order valence-electron chi connectivity index (χ3n) is 4.04. The number of carbonyl (C=O) groups is 2. The van der Waals surface area contributed by atoms with Crippen LogP contribution in [0.5, 0.6) is 5.75 Å². The Labute approximate surface area is 153 Å². The first-order valence-electron chi connectivity index (χ1n) is 8.59. The minimum atomic E-state index is -0.284. The van der Waals surface area contributed by atoms with E-state index in [0.717, 1.165) is 6.42 Å². The first-order chi connectivity index (χ1) is 12.5. The lowest BCUT2D eigenvalue weighted by atomic mass is 9.97. The molecule has 0 aromatic heterocycles. The zero-order valence-electron chi connectivity index (χ0n) is 15.3. The van der Waals surface area contributed by atoms with E-state index in [-0.39, 0.29) is 17.9 Å². The van der Waals surface area contributed by atoms with Gasteiger partial charge in [0.15, 0.2) is 0 Å². The van der Waals surface area contributed by atoms with Gasteiger partial charge < -0.3 is 20.7 Å². The van der Waals surface area contributed by atoms with Crippen LogP contribution in [0.1, 0.15) is 31.7 Å². The van der Waals surface area contributed by atoms with Crippen LogP contribution in [-0.4, -0.2) is 25.6 Å². The van der Waals surface area contributed by atoms with E-state index in [0.29, 0.717) is 23.7 Å². The van der Waals surface area contributed by atoms with Crippen molar-refractivity contribution in [1.82, 2.24) is 5.32 Å². The molecule has 0 spiro atoms. The summed E-state index contributed by atoms with van der Waals surface area (Å²) in [6.07, 6.45) is 0.934. The summed E-state index contributed by atoms with van der Waals surface area (Å²) in [6, 6.07) is 14.9. The van der Waals surface area contributed by atoms with E-state index >= 15 is 0 Å². The molecule has 3 N–H and O–H groups in total. The molecule has 26 heavy (non-hydrogen) atoms. The third kappa shape index (κ3) is 5.51. The summed E-state index contributed by atoms with van der Waals surface area (Å²) in [6.45, 7) is 4.08. The normalized spacial score (nSPS) is 11.3. The van der Waals surface area contributed by atoms with Crippen molar-refractivity contribution in [3.05, 3.63) is 54.1 Å². The Bertz CT molecular complexity index is 747. The molecule has 2 aromatic rings. The summed E-state index contributed by atoms with van der Waals surface area (Å²) in [5.41, 5.74) is 2.35. The van der Waals surface area contributed by atoms with E-state index in [1.54, 1.807) is 18.2 Å². The zero-order chi connectivity index (χ0) is 18.9. The van der Waals surface area contributed by atoms with Crippen LogP contribution in [0.25, 0.3) is 0 Å². The highest BCUT2D eigenvalue weighted by molar-refractivity contribution is 5.93. The van der Waals surface area contributed by atoms with E-state index in [1.807, 2.05) is 18.2 Å². The molecule has 138 valence electrons. The van der Waals surface area contributed by atoms with Gasteiger partial charge in [-0.3, -0.25) is 4.79 Å². The number of urea groups is 1. The molecule has 0 saturated carbocycles. The molecule has 1 atom stereocenters. The van der Waals surface area contributed by atoms with Crippen molar-refractivity contribution in [2.75, 3.05) is 24.3 Å². The number of hydrogen-bond acceptors (Lipinski definition) is 3. The Morgan fingerprint density at radius 1 is 1.08 bits per heavy atom. The molecule has 1 unspecified atom stereocenters. The van der Waals surface area contributed by atoms with E-state index in [2.05, 4.69) is 35.0 Å². The number of ether oxygens (including phenoxy) is 1. The fourth-order valence-corrected chi connectivity index (χ4v) is 2.68. The Kier molecular flexibility index (Phi) is 7.02. The molecule has 0 heterocycles. The minimum absolute atomic E-state index is 0.187. The maximum Gasteiger partial charge on any atom is 0.319 e. The van der Waals surface area contributed by atoms with Gasteiger partial charge in [0, 0.05) is 31.1 Å². The molecule has 6 nitrogen and oxygen atoms in total. The lowest BCUT2D eigenvalue weighted by molar-refractivity contribution is -0.114. The van der Waals surface area contributed by atoms with E-state index in [1.165, 1.54) is 19.6 Å². The average Bonchev–Trinajstić information content (AvgIpc) is 2.64. The van der Waals surface area contributed by atoms with Crippen LogP contribution in [0.4, 0.5) is 16.2 Å². The number of methoxy groups -OCH3 is 1.